The van der Waals surface area contributed by atoms with Crippen molar-refractivity contribution in [3.05, 3.63) is 42.8 Å². The van der Waals surface area contributed by atoms with Crippen LogP contribution in [0.4, 0.5) is 4.39 Å². The lowest BCUT2D eigenvalue weighted by Crippen LogP contribution is -1.93. The number of hydrogen-bond donors (Lipinski definition) is 0. The second kappa shape index (κ2) is 5.09. The van der Waals surface area contributed by atoms with Gasteiger partial charge in [0.1, 0.15) is 10.7 Å². The molecule has 0 amide bonds. The summed E-state index contributed by atoms with van der Waals surface area (Å²) in [6.45, 7) is 0. The summed E-state index contributed by atoms with van der Waals surface area (Å²) >= 11 is 14.2. The first kappa shape index (κ1) is 13.4. The lowest BCUT2D eigenvalue weighted by atomic mass is 10.2. The van der Waals surface area contributed by atoms with Crippen molar-refractivity contribution < 1.29 is 4.39 Å². The molecule has 0 atom stereocenters. The highest BCUT2D eigenvalue weighted by atomic mass is 79.9. The van der Waals surface area contributed by atoms with Gasteiger partial charge in [-0.2, -0.15) is 0 Å². The Labute approximate surface area is 133 Å². The topological polar surface area (TPSA) is 25.8 Å². The Hall–Kier alpha value is -0.560. The molecule has 2 nitrogen and oxygen atoms in total. The highest BCUT2D eigenvalue weighted by Gasteiger charge is 2.13. The smallest absolute Gasteiger partial charge is 0.162 e. The monoisotopic (exact) mass is 420 g/mol. The van der Waals surface area contributed by atoms with Crippen LogP contribution in [0.15, 0.2) is 31.8 Å². The van der Waals surface area contributed by atoms with Crippen molar-refractivity contribution in [1.82, 2.24) is 9.97 Å². The van der Waals surface area contributed by atoms with E-state index in [1.165, 1.54) is 17.4 Å². The van der Waals surface area contributed by atoms with Gasteiger partial charge in [0, 0.05) is 20.8 Å². The third kappa shape index (κ3) is 2.54. The van der Waals surface area contributed by atoms with Gasteiger partial charge in [-0.3, -0.25) is 0 Å². The minimum absolute atomic E-state index is 0.223. The molecule has 2 heterocycles. The average Bonchev–Trinajstić information content (AvgIpc) is 2.77. The molecular weight excluding hydrogens is 418 g/mol. The van der Waals surface area contributed by atoms with Crippen molar-refractivity contribution in [3.63, 3.8) is 0 Å². The Balaban J connectivity index is 2.30. The quantitative estimate of drug-likeness (QED) is 0.472. The number of fused-ring (bicyclic) bond motifs is 1. The summed E-state index contributed by atoms with van der Waals surface area (Å²) in [5.41, 5.74) is 1.03. The zero-order valence-corrected chi connectivity index (χ0v) is 13.9. The summed E-state index contributed by atoms with van der Waals surface area (Å²) in [4.78, 5) is 8.47. The van der Waals surface area contributed by atoms with Gasteiger partial charge < -0.3 is 0 Å². The first-order valence-corrected chi connectivity index (χ1v) is 7.95. The van der Waals surface area contributed by atoms with Gasteiger partial charge in [-0.05, 0) is 34.1 Å². The Kier molecular flexibility index (Phi) is 3.59. The number of halogens is 4. The average molecular weight is 423 g/mol. The number of hydrogen-bond acceptors (Lipinski definition) is 3. The highest BCUT2D eigenvalue weighted by molar-refractivity contribution is 9.11. The molecule has 19 heavy (non-hydrogen) atoms. The summed E-state index contributed by atoms with van der Waals surface area (Å²) in [7, 11) is 0. The zero-order chi connectivity index (χ0) is 13.6. The molecule has 0 spiro atoms. The molecule has 2 aromatic heterocycles. The minimum atomic E-state index is -0.427. The van der Waals surface area contributed by atoms with Crippen LogP contribution in [0.1, 0.15) is 0 Å². The lowest BCUT2D eigenvalue weighted by Gasteiger charge is -2.04. The van der Waals surface area contributed by atoms with Crippen LogP contribution < -0.4 is 0 Å². The molecule has 96 valence electrons. The van der Waals surface area contributed by atoms with E-state index in [9.17, 15) is 4.39 Å². The van der Waals surface area contributed by atoms with Crippen molar-refractivity contribution in [1.29, 1.82) is 0 Å². The van der Waals surface area contributed by atoms with Gasteiger partial charge in [0.15, 0.2) is 11.6 Å². The highest BCUT2D eigenvalue weighted by Crippen LogP contribution is 2.32. The van der Waals surface area contributed by atoms with Crippen LogP contribution in [-0.4, -0.2) is 9.97 Å². The Morgan fingerprint density at radius 1 is 1.16 bits per heavy atom. The van der Waals surface area contributed by atoms with Crippen LogP contribution in [0.3, 0.4) is 0 Å². The first-order chi connectivity index (χ1) is 9.04. The summed E-state index contributed by atoms with van der Waals surface area (Å²) in [5, 5.41) is 2.62. The predicted octanol–water partition coefficient (Wildman–Crippen LogP) is 5.68. The van der Waals surface area contributed by atoms with Crippen molar-refractivity contribution >= 4 is 65.7 Å². The van der Waals surface area contributed by atoms with Gasteiger partial charge in [0.25, 0.3) is 0 Å². The number of thiophene rings is 1. The number of nitrogens with zero attached hydrogens (tertiary/aromatic N) is 2. The molecule has 0 bridgehead atoms. The van der Waals surface area contributed by atoms with Crippen molar-refractivity contribution in [3.8, 4) is 11.4 Å². The third-order valence-corrected chi connectivity index (χ3v) is 4.75. The molecule has 0 aliphatic carbocycles. The van der Waals surface area contributed by atoms with E-state index < -0.39 is 5.82 Å². The van der Waals surface area contributed by atoms with Crippen LogP contribution in [0.2, 0.25) is 5.15 Å². The molecule has 0 aliphatic heterocycles. The Morgan fingerprint density at radius 2 is 1.95 bits per heavy atom. The number of benzene rings is 1. The summed E-state index contributed by atoms with van der Waals surface area (Å²) in [6.07, 6.45) is 0. The summed E-state index contributed by atoms with van der Waals surface area (Å²) in [5.74, 6) is -0.00936. The van der Waals surface area contributed by atoms with E-state index in [1.807, 2.05) is 11.4 Å². The third-order valence-electron chi connectivity index (χ3n) is 2.50. The van der Waals surface area contributed by atoms with Crippen molar-refractivity contribution in [2.24, 2.45) is 0 Å². The summed E-state index contributed by atoms with van der Waals surface area (Å²) < 4.78 is 15.5. The molecule has 0 unspecified atom stereocenters. The van der Waals surface area contributed by atoms with Crippen LogP contribution in [0.25, 0.3) is 22.3 Å². The van der Waals surface area contributed by atoms with Gasteiger partial charge in [0.2, 0.25) is 0 Å². The molecule has 3 aromatic rings. The van der Waals surface area contributed by atoms with Gasteiger partial charge in [-0.25, -0.2) is 14.4 Å². The van der Waals surface area contributed by atoms with Crippen LogP contribution in [0.5, 0.6) is 0 Å². The maximum absolute atomic E-state index is 13.9. The van der Waals surface area contributed by atoms with Gasteiger partial charge in [0.05, 0.1) is 3.79 Å². The van der Waals surface area contributed by atoms with E-state index in [-0.39, 0.29) is 10.7 Å². The molecule has 0 fully saturated rings. The molecule has 3 rings (SSSR count). The molecule has 7 heteroatoms. The van der Waals surface area contributed by atoms with E-state index >= 15 is 0 Å². The van der Waals surface area contributed by atoms with Crippen LogP contribution in [0, 0.1) is 5.82 Å². The maximum atomic E-state index is 13.9. The predicted molar refractivity (Wildman–Crippen MR) is 83.2 cm³/mol. The van der Waals surface area contributed by atoms with Gasteiger partial charge in [-0.15, -0.1) is 11.3 Å². The van der Waals surface area contributed by atoms with Crippen molar-refractivity contribution in [2.75, 3.05) is 0 Å². The fourth-order valence-corrected chi connectivity index (χ4v) is 3.47. The largest absolute Gasteiger partial charge is 0.225 e. The fraction of sp³-hybridized carbons (Fsp3) is 0. The molecule has 0 saturated heterocycles. The van der Waals surface area contributed by atoms with Crippen LogP contribution in [-0.2, 0) is 0 Å². The Bertz CT molecular complexity index is 791. The molecule has 0 aliphatic rings. The standard InChI is InChI=1S/C12H4Br2ClFN2S/c13-6-2-7-10(8(16)3-6)17-12(18-11(7)15)5-1-9(14)19-4-5/h1-4H. The van der Waals surface area contributed by atoms with E-state index in [0.717, 1.165) is 9.35 Å². The lowest BCUT2D eigenvalue weighted by molar-refractivity contribution is 0.636. The van der Waals surface area contributed by atoms with E-state index in [1.54, 1.807) is 6.07 Å². The van der Waals surface area contributed by atoms with E-state index in [2.05, 4.69) is 41.8 Å². The molecular formula is C12H4Br2ClFN2S. The number of aromatic nitrogens is 2. The molecule has 1 aromatic carbocycles. The second-order valence-electron chi connectivity index (χ2n) is 3.76. The molecule has 0 radical (unpaired) electrons. The number of rotatable bonds is 1. The van der Waals surface area contributed by atoms with Crippen LogP contribution >= 0.6 is 54.8 Å². The molecule has 0 N–H and O–H groups in total. The normalized spacial score (nSPS) is 11.2. The zero-order valence-electron chi connectivity index (χ0n) is 9.12. The first-order valence-electron chi connectivity index (χ1n) is 5.11. The fourth-order valence-electron chi connectivity index (χ4n) is 1.68. The minimum Gasteiger partial charge on any atom is -0.225 e. The van der Waals surface area contributed by atoms with Gasteiger partial charge in [-0.1, -0.05) is 27.5 Å². The van der Waals surface area contributed by atoms with Gasteiger partial charge >= 0.3 is 0 Å². The van der Waals surface area contributed by atoms with E-state index in [4.69, 9.17) is 11.6 Å². The van der Waals surface area contributed by atoms with Crippen molar-refractivity contribution in [2.45, 2.75) is 0 Å². The van der Waals surface area contributed by atoms with E-state index in [0.29, 0.717) is 15.7 Å². The second-order valence-corrected chi connectivity index (χ2v) is 7.33. The Morgan fingerprint density at radius 3 is 2.63 bits per heavy atom. The molecule has 0 saturated carbocycles. The summed E-state index contributed by atoms with van der Waals surface area (Å²) in [6, 6.07) is 4.94. The SMILES string of the molecule is Fc1cc(Br)cc2c(Cl)nc(-c3csc(Br)c3)nc12. The maximum Gasteiger partial charge on any atom is 0.162 e.